The maximum Gasteiger partial charge on any atom is 0.397 e. The minimum atomic E-state index is -4.93. The number of carboxylic acid groups (broad SMARTS) is 1. The van der Waals surface area contributed by atoms with Gasteiger partial charge < -0.3 is 45.1 Å². The third-order valence-corrected chi connectivity index (χ3v) is 4.90. The van der Waals surface area contributed by atoms with Crippen LogP contribution in [0, 0.1) is 0 Å². The van der Waals surface area contributed by atoms with E-state index >= 15 is 0 Å². The molecular formula is C14H23NO14S. The molecule has 30 heavy (non-hydrogen) atoms. The van der Waals surface area contributed by atoms with Crippen LogP contribution in [0.4, 0.5) is 0 Å². The summed E-state index contributed by atoms with van der Waals surface area (Å²) in [6.07, 6.45) is -13.8. The van der Waals surface area contributed by atoms with E-state index in [1.165, 1.54) is 0 Å². The van der Waals surface area contributed by atoms with Gasteiger partial charge in [-0.05, 0) is 0 Å². The first-order valence-corrected chi connectivity index (χ1v) is 9.95. The maximum absolute atomic E-state index is 11.5. The lowest BCUT2D eigenvalue weighted by Crippen LogP contribution is -2.67. The second-order valence-electron chi connectivity index (χ2n) is 6.71. The van der Waals surface area contributed by atoms with Crippen LogP contribution in [0.5, 0.6) is 0 Å². The van der Waals surface area contributed by atoms with E-state index in [0.29, 0.717) is 0 Å². The predicted octanol–water partition coefficient (Wildman–Crippen LogP) is -4.65. The van der Waals surface area contributed by atoms with E-state index in [4.69, 9.17) is 18.8 Å². The summed E-state index contributed by atoms with van der Waals surface area (Å²) >= 11 is 0. The molecular weight excluding hydrogens is 438 g/mol. The number of carboxylic acids is 1. The van der Waals surface area contributed by atoms with Crippen molar-refractivity contribution in [3.8, 4) is 0 Å². The van der Waals surface area contributed by atoms with Gasteiger partial charge in [-0.3, -0.25) is 9.35 Å². The number of hydrogen-bond donors (Lipinski definition) is 7. The van der Waals surface area contributed by atoms with E-state index < -0.39 is 90.5 Å². The fourth-order valence-corrected chi connectivity index (χ4v) is 3.34. The van der Waals surface area contributed by atoms with Crippen molar-refractivity contribution in [1.29, 1.82) is 0 Å². The molecule has 0 aromatic heterocycles. The summed E-state index contributed by atoms with van der Waals surface area (Å²) in [5.41, 5.74) is 0. The van der Waals surface area contributed by atoms with Crippen molar-refractivity contribution in [2.45, 2.75) is 62.0 Å². The summed E-state index contributed by atoms with van der Waals surface area (Å²) < 4.78 is 50.0. The van der Waals surface area contributed by atoms with Gasteiger partial charge in [-0.1, -0.05) is 0 Å². The van der Waals surface area contributed by atoms with Gasteiger partial charge in [0.2, 0.25) is 5.91 Å². The molecule has 4 unspecified atom stereocenters. The van der Waals surface area contributed by atoms with Crippen LogP contribution in [0.3, 0.4) is 0 Å². The Morgan fingerprint density at radius 1 is 1.13 bits per heavy atom. The first kappa shape index (κ1) is 24.8. The molecule has 0 spiro atoms. The average Bonchev–Trinajstić information content (AvgIpc) is 2.62. The lowest BCUT2D eigenvalue weighted by atomic mass is 9.95. The van der Waals surface area contributed by atoms with Crippen LogP contribution >= 0.6 is 0 Å². The smallest absolute Gasteiger partial charge is 0.397 e. The van der Waals surface area contributed by atoms with Gasteiger partial charge in [0.25, 0.3) is 0 Å². The van der Waals surface area contributed by atoms with Crippen molar-refractivity contribution in [2.24, 2.45) is 0 Å². The van der Waals surface area contributed by atoms with Crippen molar-refractivity contribution in [3.63, 3.8) is 0 Å². The average molecular weight is 461 g/mol. The van der Waals surface area contributed by atoms with Crippen LogP contribution in [0.2, 0.25) is 0 Å². The summed E-state index contributed by atoms with van der Waals surface area (Å²) in [5, 5.41) is 51.8. The number of rotatable bonds is 7. The maximum atomic E-state index is 11.5. The first-order valence-electron chi connectivity index (χ1n) is 8.58. The second kappa shape index (κ2) is 9.77. The molecule has 174 valence electrons. The van der Waals surface area contributed by atoms with Crippen LogP contribution < -0.4 is 5.32 Å². The quantitative estimate of drug-likeness (QED) is 0.176. The summed E-state index contributed by atoms with van der Waals surface area (Å²) in [4.78, 5) is 22.9. The first-order chi connectivity index (χ1) is 13.8. The fourth-order valence-electron chi connectivity index (χ4n) is 3.04. The van der Waals surface area contributed by atoms with Gasteiger partial charge in [0.1, 0.15) is 42.7 Å². The zero-order valence-corrected chi connectivity index (χ0v) is 16.3. The SMILES string of the molecule is CC(=O)N[C@H]1[C@@H](OC2C(C(=O)O)OCC(O)C2O)O[C@H](COS(=O)(=O)O)[C@@H](O)[C@@H]1O. The Hall–Kier alpha value is -1.47. The van der Waals surface area contributed by atoms with Gasteiger partial charge in [-0.25, -0.2) is 8.98 Å². The highest BCUT2D eigenvalue weighted by atomic mass is 32.3. The van der Waals surface area contributed by atoms with Gasteiger partial charge in [-0.2, -0.15) is 8.42 Å². The Balaban J connectivity index is 2.28. The number of aliphatic carboxylic acids is 1. The molecule has 9 atom stereocenters. The van der Waals surface area contributed by atoms with Gasteiger partial charge >= 0.3 is 16.4 Å². The van der Waals surface area contributed by atoms with Gasteiger partial charge in [-0.15, -0.1) is 0 Å². The summed E-state index contributed by atoms with van der Waals surface area (Å²) in [5.74, 6) is -2.25. The summed E-state index contributed by atoms with van der Waals surface area (Å²) in [6, 6.07) is -1.50. The molecule has 2 saturated heterocycles. The van der Waals surface area contributed by atoms with E-state index in [2.05, 4.69) is 9.50 Å². The molecule has 15 nitrogen and oxygen atoms in total. The van der Waals surface area contributed by atoms with Crippen molar-refractivity contribution >= 4 is 22.3 Å². The molecule has 2 heterocycles. The molecule has 2 rings (SSSR count). The molecule has 0 aromatic carbocycles. The lowest BCUT2D eigenvalue weighted by Gasteiger charge is -2.45. The number of ether oxygens (including phenoxy) is 3. The zero-order chi connectivity index (χ0) is 22.8. The normalized spacial score (nSPS) is 40.0. The number of aliphatic hydroxyl groups excluding tert-OH is 4. The highest BCUT2D eigenvalue weighted by Crippen LogP contribution is 2.28. The van der Waals surface area contributed by atoms with Crippen molar-refractivity contribution in [1.82, 2.24) is 5.32 Å². The molecule has 2 aliphatic rings. The highest BCUT2D eigenvalue weighted by Gasteiger charge is 2.51. The number of carbonyl (C=O) groups excluding carboxylic acids is 1. The third-order valence-electron chi connectivity index (χ3n) is 4.46. The van der Waals surface area contributed by atoms with E-state index in [1.807, 2.05) is 0 Å². The van der Waals surface area contributed by atoms with Crippen LogP contribution in [-0.4, -0.2) is 119 Å². The Morgan fingerprint density at radius 2 is 1.77 bits per heavy atom. The number of nitrogens with one attached hydrogen (secondary N) is 1. The topological polar surface area (TPSA) is 239 Å². The fraction of sp³-hybridized carbons (Fsp3) is 0.857. The molecule has 2 aliphatic heterocycles. The van der Waals surface area contributed by atoms with E-state index in [0.717, 1.165) is 6.92 Å². The number of amides is 1. The van der Waals surface area contributed by atoms with E-state index in [1.54, 1.807) is 0 Å². The Bertz CT molecular complexity index is 730. The monoisotopic (exact) mass is 461 g/mol. The molecule has 0 saturated carbocycles. The summed E-state index contributed by atoms with van der Waals surface area (Å²) in [6.45, 7) is -0.421. The Morgan fingerprint density at radius 3 is 2.30 bits per heavy atom. The number of carbonyl (C=O) groups is 2. The lowest BCUT2D eigenvalue weighted by molar-refractivity contribution is -0.311. The molecule has 0 radical (unpaired) electrons. The highest BCUT2D eigenvalue weighted by molar-refractivity contribution is 7.80. The van der Waals surface area contributed by atoms with Crippen LogP contribution in [0.1, 0.15) is 6.92 Å². The molecule has 7 N–H and O–H groups in total. The van der Waals surface area contributed by atoms with E-state index in [-0.39, 0.29) is 0 Å². The number of hydrogen-bond acceptors (Lipinski definition) is 12. The third kappa shape index (κ3) is 6.03. The molecule has 0 aliphatic carbocycles. The van der Waals surface area contributed by atoms with Gasteiger partial charge in [0.05, 0.1) is 13.2 Å². The molecule has 1 amide bonds. The largest absolute Gasteiger partial charge is 0.479 e. The van der Waals surface area contributed by atoms with Crippen LogP contribution in [0.15, 0.2) is 0 Å². The van der Waals surface area contributed by atoms with E-state index in [9.17, 15) is 43.5 Å². The minimum Gasteiger partial charge on any atom is -0.479 e. The molecule has 0 bridgehead atoms. The van der Waals surface area contributed by atoms with Gasteiger partial charge in [0, 0.05) is 6.92 Å². The van der Waals surface area contributed by atoms with Crippen LogP contribution in [0.25, 0.3) is 0 Å². The van der Waals surface area contributed by atoms with Crippen molar-refractivity contribution in [2.75, 3.05) is 13.2 Å². The second-order valence-corrected chi connectivity index (χ2v) is 7.80. The molecule has 2 fully saturated rings. The predicted molar refractivity (Wildman–Crippen MR) is 90.0 cm³/mol. The van der Waals surface area contributed by atoms with Crippen LogP contribution in [-0.2, 0) is 38.4 Å². The van der Waals surface area contributed by atoms with Gasteiger partial charge in [0.15, 0.2) is 12.4 Å². The summed E-state index contributed by atoms with van der Waals surface area (Å²) in [7, 11) is -4.93. The number of aliphatic hydroxyl groups is 4. The Labute approximate surface area is 170 Å². The molecule has 0 aromatic rings. The van der Waals surface area contributed by atoms with Crippen molar-refractivity contribution in [3.05, 3.63) is 0 Å². The van der Waals surface area contributed by atoms with Crippen molar-refractivity contribution < 1.29 is 66.5 Å². The standard InChI is InChI=1S/C14H23NO14S/c1-4(16)15-7-10(20)9(19)6(3-27-30(23,24)25)28-14(7)29-11-8(18)5(17)2-26-12(11)13(21)22/h5-12,14,17-20H,2-3H2,1H3,(H,15,16)(H,21,22)(H,23,24,25)/t5?,6-,7-,8?,9-,10-,11?,12?,14-/m1/s1. The molecule has 16 heteroatoms. The minimum absolute atomic E-state index is 0.509. The zero-order valence-electron chi connectivity index (χ0n) is 15.5. The Kier molecular flexibility index (Phi) is 8.08.